The zero-order chi connectivity index (χ0) is 10.8. The average Bonchev–Trinajstić information content (AvgIpc) is 2.63. The summed E-state index contributed by atoms with van der Waals surface area (Å²) in [5.41, 5.74) is 1.36. The number of rotatable bonds is 2. The highest BCUT2D eigenvalue weighted by molar-refractivity contribution is 7.07. The van der Waals surface area contributed by atoms with Gasteiger partial charge in [0.15, 0.2) is 0 Å². The fraction of sp³-hybridized carbons (Fsp3) is 0.125. The Hall–Kier alpha value is -1.40. The minimum atomic E-state index is -0.527. The lowest BCUT2D eigenvalue weighted by atomic mass is 10.4. The molecular weight excluding hydrogens is 238 g/mol. The standard InChI is InChI=1S/C8H6ClN3O2S/c9-6-1-7(13)12(8(14)11-6)2-5-3-15-4-10-5/h1,3-4H,2H2,(H,11,14). The summed E-state index contributed by atoms with van der Waals surface area (Å²) in [4.78, 5) is 29.1. The molecule has 2 heterocycles. The SMILES string of the molecule is O=c1cc(Cl)[nH]c(=O)n1Cc1cscn1. The number of hydrogen-bond donors (Lipinski definition) is 1. The Morgan fingerprint density at radius 2 is 2.33 bits per heavy atom. The van der Waals surface area contributed by atoms with Gasteiger partial charge in [-0.2, -0.15) is 0 Å². The molecule has 0 atom stereocenters. The molecule has 15 heavy (non-hydrogen) atoms. The summed E-state index contributed by atoms with van der Waals surface area (Å²) in [6.45, 7) is 0.162. The molecule has 2 rings (SSSR count). The molecule has 0 aliphatic rings. The van der Waals surface area contributed by atoms with Crippen LogP contribution in [0.3, 0.4) is 0 Å². The third-order valence-electron chi connectivity index (χ3n) is 1.79. The van der Waals surface area contributed by atoms with Crippen LogP contribution in [0.1, 0.15) is 5.69 Å². The number of nitrogens with one attached hydrogen (secondary N) is 1. The molecule has 0 aromatic carbocycles. The predicted octanol–water partition coefficient (Wildman–Crippen LogP) is 0.695. The highest BCUT2D eigenvalue weighted by Crippen LogP contribution is 2.01. The Bertz CT molecular complexity index is 541. The molecule has 2 aromatic rings. The number of aromatic nitrogens is 3. The van der Waals surface area contributed by atoms with Gasteiger partial charge in [-0.05, 0) is 0 Å². The summed E-state index contributed by atoms with van der Waals surface area (Å²) in [6.07, 6.45) is 0. The monoisotopic (exact) mass is 243 g/mol. The third-order valence-corrected chi connectivity index (χ3v) is 2.63. The first-order valence-electron chi connectivity index (χ1n) is 4.03. The molecule has 5 nitrogen and oxygen atoms in total. The van der Waals surface area contributed by atoms with Gasteiger partial charge in [-0.15, -0.1) is 11.3 Å². The van der Waals surface area contributed by atoms with Crippen molar-refractivity contribution in [2.24, 2.45) is 0 Å². The van der Waals surface area contributed by atoms with Gasteiger partial charge < -0.3 is 0 Å². The van der Waals surface area contributed by atoms with Crippen molar-refractivity contribution in [2.75, 3.05) is 0 Å². The molecule has 1 N–H and O–H groups in total. The molecule has 0 aliphatic carbocycles. The van der Waals surface area contributed by atoms with E-state index in [4.69, 9.17) is 11.6 Å². The highest BCUT2D eigenvalue weighted by atomic mass is 35.5. The van der Waals surface area contributed by atoms with Gasteiger partial charge in [-0.3, -0.25) is 14.3 Å². The van der Waals surface area contributed by atoms with Crippen LogP contribution in [0.15, 0.2) is 26.5 Å². The number of halogens is 1. The second-order valence-corrected chi connectivity index (χ2v) is 3.95. The van der Waals surface area contributed by atoms with Crippen LogP contribution in [0.5, 0.6) is 0 Å². The fourth-order valence-electron chi connectivity index (χ4n) is 1.12. The summed E-state index contributed by atoms with van der Waals surface area (Å²) in [5.74, 6) is 0. The predicted molar refractivity (Wildman–Crippen MR) is 57.5 cm³/mol. The van der Waals surface area contributed by atoms with Crippen LogP contribution in [0.4, 0.5) is 0 Å². The maximum Gasteiger partial charge on any atom is 0.329 e. The summed E-state index contributed by atoms with van der Waals surface area (Å²) >= 11 is 6.93. The van der Waals surface area contributed by atoms with Crippen LogP contribution in [-0.2, 0) is 6.54 Å². The van der Waals surface area contributed by atoms with E-state index >= 15 is 0 Å². The Morgan fingerprint density at radius 3 is 2.93 bits per heavy atom. The van der Waals surface area contributed by atoms with Crippen molar-refractivity contribution >= 4 is 22.9 Å². The van der Waals surface area contributed by atoms with Gasteiger partial charge in [0.1, 0.15) is 5.15 Å². The molecule has 78 valence electrons. The zero-order valence-corrected chi connectivity index (χ0v) is 9.01. The number of thiazole rings is 1. The maximum atomic E-state index is 11.4. The topological polar surface area (TPSA) is 67.8 Å². The first kappa shape index (κ1) is 10.1. The zero-order valence-electron chi connectivity index (χ0n) is 7.44. The Balaban J connectivity index is 2.46. The van der Waals surface area contributed by atoms with Gasteiger partial charge in [0.25, 0.3) is 5.56 Å². The minimum absolute atomic E-state index is 0.0412. The van der Waals surface area contributed by atoms with Crippen molar-refractivity contribution in [3.63, 3.8) is 0 Å². The summed E-state index contributed by atoms with van der Waals surface area (Å²) in [7, 11) is 0. The van der Waals surface area contributed by atoms with Gasteiger partial charge >= 0.3 is 5.69 Å². The average molecular weight is 244 g/mol. The second kappa shape index (κ2) is 4.00. The molecule has 0 spiro atoms. The van der Waals surface area contributed by atoms with E-state index in [0.29, 0.717) is 5.69 Å². The van der Waals surface area contributed by atoms with E-state index in [1.165, 1.54) is 11.3 Å². The van der Waals surface area contributed by atoms with E-state index in [9.17, 15) is 9.59 Å². The smallest absolute Gasteiger partial charge is 0.298 e. The summed E-state index contributed by atoms with van der Waals surface area (Å²) < 4.78 is 1.04. The Kier molecular flexibility index (Phi) is 2.70. The van der Waals surface area contributed by atoms with Gasteiger partial charge in [0.05, 0.1) is 17.7 Å². The maximum absolute atomic E-state index is 11.4. The van der Waals surface area contributed by atoms with Gasteiger partial charge in [-0.25, -0.2) is 9.78 Å². The molecule has 7 heteroatoms. The third kappa shape index (κ3) is 2.16. The highest BCUT2D eigenvalue weighted by Gasteiger charge is 2.04. The second-order valence-electron chi connectivity index (χ2n) is 2.83. The lowest BCUT2D eigenvalue weighted by molar-refractivity contribution is 0.688. The summed E-state index contributed by atoms with van der Waals surface area (Å²) in [5, 5.41) is 1.82. The van der Waals surface area contributed by atoms with Crippen LogP contribution in [0, 0.1) is 0 Å². The van der Waals surface area contributed by atoms with Gasteiger partial charge in [0, 0.05) is 11.4 Å². The quantitative estimate of drug-likeness (QED) is 0.790. The minimum Gasteiger partial charge on any atom is -0.298 e. The van der Waals surface area contributed by atoms with E-state index in [2.05, 4.69) is 9.97 Å². The molecule has 0 saturated carbocycles. The van der Waals surface area contributed by atoms with Crippen LogP contribution < -0.4 is 11.2 Å². The first-order valence-corrected chi connectivity index (χ1v) is 5.35. The van der Waals surface area contributed by atoms with E-state index in [-0.39, 0.29) is 11.7 Å². The van der Waals surface area contributed by atoms with Crippen molar-refractivity contribution in [1.82, 2.24) is 14.5 Å². The van der Waals surface area contributed by atoms with Gasteiger partial charge in [0.2, 0.25) is 0 Å². The number of nitrogens with zero attached hydrogens (tertiary/aromatic N) is 2. The van der Waals surface area contributed by atoms with Crippen LogP contribution in [-0.4, -0.2) is 14.5 Å². The Labute approximate surface area is 93.0 Å². The van der Waals surface area contributed by atoms with Crippen molar-refractivity contribution in [2.45, 2.75) is 6.54 Å². The molecule has 0 saturated heterocycles. The summed E-state index contributed by atoms with van der Waals surface area (Å²) in [6, 6.07) is 1.16. The molecule has 0 unspecified atom stereocenters. The van der Waals surface area contributed by atoms with E-state index in [1.54, 1.807) is 10.9 Å². The van der Waals surface area contributed by atoms with Gasteiger partial charge in [-0.1, -0.05) is 11.6 Å². The molecular formula is C8H6ClN3O2S. The number of aromatic amines is 1. The molecule has 2 aromatic heterocycles. The molecule has 0 amide bonds. The van der Waals surface area contributed by atoms with Crippen molar-refractivity contribution in [3.8, 4) is 0 Å². The normalized spacial score (nSPS) is 10.5. The molecule has 0 bridgehead atoms. The van der Waals surface area contributed by atoms with Crippen molar-refractivity contribution < 1.29 is 0 Å². The lowest BCUT2D eigenvalue weighted by Gasteiger charge is -2.00. The van der Waals surface area contributed by atoms with Crippen molar-refractivity contribution in [3.05, 3.63) is 48.6 Å². The van der Waals surface area contributed by atoms with Crippen LogP contribution in [0.25, 0.3) is 0 Å². The molecule has 0 fully saturated rings. The number of H-pyrrole nitrogens is 1. The van der Waals surface area contributed by atoms with Crippen molar-refractivity contribution in [1.29, 1.82) is 0 Å². The lowest BCUT2D eigenvalue weighted by Crippen LogP contribution is -2.34. The van der Waals surface area contributed by atoms with E-state index in [1.807, 2.05) is 0 Å². The van der Waals surface area contributed by atoms with E-state index in [0.717, 1.165) is 10.6 Å². The number of hydrogen-bond acceptors (Lipinski definition) is 4. The van der Waals surface area contributed by atoms with Crippen LogP contribution >= 0.6 is 22.9 Å². The van der Waals surface area contributed by atoms with Crippen LogP contribution in [0.2, 0.25) is 5.15 Å². The van der Waals surface area contributed by atoms with E-state index < -0.39 is 11.2 Å². The first-order chi connectivity index (χ1) is 7.16. The largest absolute Gasteiger partial charge is 0.329 e. The fourth-order valence-corrected chi connectivity index (χ4v) is 1.84. The Morgan fingerprint density at radius 1 is 1.53 bits per heavy atom. The molecule has 0 radical (unpaired) electrons. The molecule has 0 aliphatic heterocycles.